The Labute approximate surface area is 230 Å². The van der Waals surface area contributed by atoms with Gasteiger partial charge in [-0.2, -0.15) is 0 Å². The number of carbonyl (C=O) groups is 2. The van der Waals surface area contributed by atoms with E-state index in [0.29, 0.717) is 51.4 Å². The highest BCUT2D eigenvalue weighted by Gasteiger charge is 2.57. The summed E-state index contributed by atoms with van der Waals surface area (Å²) in [7, 11) is 3.22. The molecular formula is C31H37N3O5. The molecule has 2 heterocycles. The van der Waals surface area contributed by atoms with Crippen LogP contribution in [0.4, 0.5) is 4.79 Å². The third-order valence-electron chi connectivity index (χ3n) is 7.98. The molecule has 3 aromatic carbocycles. The van der Waals surface area contributed by atoms with Crippen LogP contribution in [0.5, 0.6) is 11.5 Å². The van der Waals surface area contributed by atoms with Gasteiger partial charge in [0.05, 0.1) is 26.9 Å². The zero-order chi connectivity index (χ0) is 27.4. The molecule has 2 saturated heterocycles. The fourth-order valence-electron chi connectivity index (χ4n) is 5.93. The van der Waals surface area contributed by atoms with Crippen LogP contribution in [-0.4, -0.2) is 79.2 Å². The van der Waals surface area contributed by atoms with Crippen molar-refractivity contribution in [2.24, 2.45) is 0 Å². The lowest BCUT2D eigenvalue weighted by atomic mass is 9.85. The Morgan fingerprint density at radius 2 is 1.72 bits per heavy atom. The van der Waals surface area contributed by atoms with Gasteiger partial charge in [0.25, 0.3) is 5.91 Å². The number of ether oxygens (including phenoxy) is 3. The fourth-order valence-corrected chi connectivity index (χ4v) is 5.93. The summed E-state index contributed by atoms with van der Waals surface area (Å²) in [6, 6.07) is 19.8. The van der Waals surface area contributed by atoms with Crippen LogP contribution in [0.3, 0.4) is 0 Å². The Morgan fingerprint density at radius 1 is 0.923 bits per heavy atom. The number of amides is 3. The largest absolute Gasteiger partial charge is 0.497 e. The van der Waals surface area contributed by atoms with Gasteiger partial charge in [-0.25, -0.2) is 4.79 Å². The van der Waals surface area contributed by atoms with Crippen LogP contribution < -0.4 is 9.47 Å². The van der Waals surface area contributed by atoms with E-state index >= 15 is 0 Å². The zero-order valence-electron chi connectivity index (χ0n) is 23.0. The highest BCUT2D eigenvalue weighted by atomic mass is 16.5. The van der Waals surface area contributed by atoms with Crippen molar-refractivity contribution >= 4 is 22.7 Å². The third kappa shape index (κ3) is 5.18. The number of carbonyl (C=O) groups excluding carboxylic acids is 2. The Hall–Kier alpha value is -3.62. The van der Waals surface area contributed by atoms with Gasteiger partial charge in [0.1, 0.15) is 17.0 Å². The zero-order valence-corrected chi connectivity index (χ0v) is 23.0. The van der Waals surface area contributed by atoms with Crippen molar-refractivity contribution in [2.45, 2.75) is 38.4 Å². The van der Waals surface area contributed by atoms with Gasteiger partial charge >= 0.3 is 6.03 Å². The number of methoxy groups -OCH3 is 2. The summed E-state index contributed by atoms with van der Waals surface area (Å²) >= 11 is 0. The molecule has 1 spiro atoms. The second-order valence-electron chi connectivity index (χ2n) is 10.2. The van der Waals surface area contributed by atoms with Crippen LogP contribution in [0.1, 0.15) is 30.9 Å². The van der Waals surface area contributed by atoms with E-state index in [1.807, 2.05) is 37.3 Å². The minimum absolute atomic E-state index is 0.119. The molecule has 2 aliphatic rings. The number of imide groups is 1. The van der Waals surface area contributed by atoms with Crippen molar-refractivity contribution in [1.82, 2.24) is 14.7 Å². The quantitative estimate of drug-likeness (QED) is 0.354. The number of fused-ring (bicyclic) bond motifs is 1. The van der Waals surface area contributed by atoms with Gasteiger partial charge in [-0.05, 0) is 54.3 Å². The Morgan fingerprint density at radius 3 is 2.46 bits per heavy atom. The second-order valence-corrected chi connectivity index (χ2v) is 10.2. The highest BCUT2D eigenvalue weighted by Crippen LogP contribution is 2.39. The van der Waals surface area contributed by atoms with Crippen LogP contribution in [0, 0.1) is 0 Å². The number of urea groups is 1. The number of benzene rings is 3. The first-order chi connectivity index (χ1) is 19.0. The van der Waals surface area contributed by atoms with Gasteiger partial charge in [-0.1, -0.05) is 42.5 Å². The fraction of sp³-hybridized carbons (Fsp3) is 0.419. The Bertz CT molecular complexity index is 1330. The molecule has 2 aliphatic heterocycles. The molecule has 206 valence electrons. The second kappa shape index (κ2) is 11.6. The molecule has 0 N–H and O–H groups in total. The first-order valence-electron chi connectivity index (χ1n) is 13.6. The van der Waals surface area contributed by atoms with Gasteiger partial charge in [-0.3, -0.25) is 14.6 Å². The lowest BCUT2D eigenvalue weighted by Gasteiger charge is -2.42. The smallest absolute Gasteiger partial charge is 0.328 e. The summed E-state index contributed by atoms with van der Waals surface area (Å²) in [4.78, 5) is 33.1. The van der Waals surface area contributed by atoms with Crippen molar-refractivity contribution in [3.8, 4) is 11.5 Å². The highest BCUT2D eigenvalue weighted by molar-refractivity contribution is 6.07. The van der Waals surface area contributed by atoms with Crippen molar-refractivity contribution in [3.63, 3.8) is 0 Å². The maximum absolute atomic E-state index is 14.0. The summed E-state index contributed by atoms with van der Waals surface area (Å²) < 4.78 is 16.7. The van der Waals surface area contributed by atoms with E-state index < -0.39 is 5.54 Å². The van der Waals surface area contributed by atoms with E-state index in [-0.39, 0.29) is 18.5 Å². The minimum atomic E-state index is -0.855. The lowest BCUT2D eigenvalue weighted by Crippen LogP contribution is -2.57. The average Bonchev–Trinajstić information content (AvgIpc) is 3.15. The van der Waals surface area contributed by atoms with E-state index in [1.54, 1.807) is 19.1 Å². The number of hydrogen-bond acceptors (Lipinski definition) is 6. The van der Waals surface area contributed by atoms with Crippen LogP contribution in [0.25, 0.3) is 10.8 Å². The van der Waals surface area contributed by atoms with Crippen LogP contribution in [-0.2, 0) is 22.6 Å². The maximum atomic E-state index is 14.0. The molecular weight excluding hydrogens is 494 g/mol. The normalized spacial score (nSPS) is 17.4. The molecule has 0 bridgehead atoms. The molecule has 5 rings (SSSR count). The lowest BCUT2D eigenvalue weighted by molar-refractivity contribution is -0.136. The molecule has 2 fully saturated rings. The molecule has 0 unspecified atom stereocenters. The Kier molecular flexibility index (Phi) is 8.04. The minimum Gasteiger partial charge on any atom is -0.497 e. The third-order valence-corrected chi connectivity index (χ3v) is 7.98. The molecule has 8 heteroatoms. The number of hydrogen-bond donors (Lipinski definition) is 0. The number of nitrogens with zero attached hydrogens (tertiary/aromatic N) is 3. The van der Waals surface area contributed by atoms with Gasteiger partial charge in [0.2, 0.25) is 0 Å². The predicted molar refractivity (Wildman–Crippen MR) is 150 cm³/mol. The molecule has 3 amide bonds. The summed E-state index contributed by atoms with van der Waals surface area (Å²) in [5, 5.41) is 2.36. The molecule has 0 saturated carbocycles. The van der Waals surface area contributed by atoms with Crippen LogP contribution >= 0.6 is 0 Å². The van der Waals surface area contributed by atoms with E-state index in [2.05, 4.69) is 35.2 Å². The van der Waals surface area contributed by atoms with E-state index in [1.165, 1.54) is 15.7 Å². The van der Waals surface area contributed by atoms with Crippen molar-refractivity contribution in [1.29, 1.82) is 0 Å². The molecule has 39 heavy (non-hydrogen) atoms. The van der Waals surface area contributed by atoms with Gasteiger partial charge in [0.15, 0.2) is 0 Å². The number of rotatable bonds is 10. The van der Waals surface area contributed by atoms with Gasteiger partial charge in [-0.15, -0.1) is 0 Å². The van der Waals surface area contributed by atoms with Crippen molar-refractivity contribution in [2.75, 3.05) is 47.1 Å². The van der Waals surface area contributed by atoms with Crippen molar-refractivity contribution in [3.05, 3.63) is 71.8 Å². The summed E-state index contributed by atoms with van der Waals surface area (Å²) in [6.45, 7) is 5.70. The summed E-state index contributed by atoms with van der Waals surface area (Å²) in [5.41, 5.74) is 1.17. The summed E-state index contributed by atoms with van der Waals surface area (Å²) in [5.74, 6) is 1.48. The molecule has 3 aromatic rings. The van der Waals surface area contributed by atoms with E-state index in [9.17, 15) is 9.59 Å². The molecule has 0 aromatic heterocycles. The maximum Gasteiger partial charge on any atom is 0.328 e. The monoisotopic (exact) mass is 531 g/mol. The van der Waals surface area contributed by atoms with Crippen molar-refractivity contribution < 1.29 is 23.8 Å². The topological polar surface area (TPSA) is 71.6 Å². The average molecular weight is 532 g/mol. The van der Waals surface area contributed by atoms with Crippen LogP contribution in [0.2, 0.25) is 0 Å². The number of likely N-dealkylation sites (tertiary alicyclic amines) is 1. The van der Waals surface area contributed by atoms with E-state index in [4.69, 9.17) is 14.2 Å². The van der Waals surface area contributed by atoms with Crippen LogP contribution in [0.15, 0.2) is 60.7 Å². The van der Waals surface area contributed by atoms with Gasteiger partial charge < -0.3 is 19.1 Å². The molecule has 0 radical (unpaired) electrons. The molecule has 0 aliphatic carbocycles. The standard InChI is InChI=1S/C31H37N3O5/c1-4-39-28-13-12-24-9-5-6-11-26(24)27(28)22-32-16-14-31(15-17-32)29(35)33(30(36)34(31)18-19-37-2)21-23-8-7-10-25(20-23)38-3/h5-13,20H,4,14-19,21-22H2,1-3H3. The molecule has 8 nitrogen and oxygen atoms in total. The SMILES string of the molecule is CCOc1ccc2ccccc2c1CN1CCC2(CC1)C(=O)N(Cc1cccc(OC)c1)C(=O)N2CCOC. The first kappa shape index (κ1) is 27.0. The van der Waals surface area contributed by atoms with Gasteiger partial charge in [0, 0.05) is 38.9 Å². The Balaban J connectivity index is 1.37. The predicted octanol–water partition coefficient (Wildman–Crippen LogP) is 4.69. The molecule has 0 atom stereocenters. The van der Waals surface area contributed by atoms with E-state index in [0.717, 1.165) is 23.4 Å². The summed E-state index contributed by atoms with van der Waals surface area (Å²) in [6.07, 6.45) is 1.15. The number of piperidine rings is 1. The first-order valence-corrected chi connectivity index (χ1v) is 13.6.